The lowest BCUT2D eigenvalue weighted by Gasteiger charge is -2.13. The molecule has 0 saturated carbocycles. The highest BCUT2D eigenvalue weighted by Crippen LogP contribution is 2.25. The van der Waals surface area contributed by atoms with Crippen LogP contribution in [0.2, 0.25) is 0 Å². The first kappa shape index (κ1) is 22.7. The summed E-state index contributed by atoms with van der Waals surface area (Å²) < 4.78 is 0. The SMILES string of the molecule is CCCCCCCCCCCCC(O)CCc1ccccc1-c1ccccc1. The minimum absolute atomic E-state index is 0.169. The molecule has 0 spiro atoms. The van der Waals surface area contributed by atoms with Crippen molar-refractivity contribution in [1.82, 2.24) is 0 Å². The average molecular weight is 381 g/mol. The maximum atomic E-state index is 10.4. The molecule has 0 aliphatic carbocycles. The third kappa shape index (κ3) is 9.06. The molecule has 1 unspecified atom stereocenters. The molecule has 2 aromatic rings. The standard InChI is InChI=1S/C27H40O/c1-2-3-4-5-6-7-8-9-10-14-20-26(28)23-22-25-19-15-16-21-27(25)24-17-12-11-13-18-24/h11-13,15-19,21,26,28H,2-10,14,20,22-23H2,1H3. The second-order valence-corrected chi connectivity index (χ2v) is 8.19. The molecule has 0 heterocycles. The molecule has 0 aromatic heterocycles. The maximum Gasteiger partial charge on any atom is 0.0543 e. The van der Waals surface area contributed by atoms with Gasteiger partial charge in [-0.25, -0.2) is 0 Å². The van der Waals surface area contributed by atoms with E-state index in [9.17, 15) is 5.11 Å². The molecule has 2 rings (SSSR count). The highest BCUT2D eigenvalue weighted by atomic mass is 16.3. The van der Waals surface area contributed by atoms with Crippen LogP contribution in [-0.4, -0.2) is 11.2 Å². The molecule has 1 heteroatoms. The molecule has 0 radical (unpaired) electrons. The number of aliphatic hydroxyl groups excluding tert-OH is 1. The van der Waals surface area contributed by atoms with Crippen LogP contribution in [0.4, 0.5) is 0 Å². The lowest BCUT2D eigenvalue weighted by atomic mass is 9.95. The number of hydrogen-bond donors (Lipinski definition) is 1. The number of aryl methyl sites for hydroxylation is 1. The summed E-state index contributed by atoms with van der Waals surface area (Å²) in [6, 6.07) is 19.2. The Kier molecular flexibility index (Phi) is 11.7. The van der Waals surface area contributed by atoms with Crippen LogP contribution in [0, 0.1) is 0 Å². The highest BCUT2D eigenvalue weighted by molar-refractivity contribution is 5.67. The first-order valence-electron chi connectivity index (χ1n) is 11.6. The molecule has 2 aromatic carbocycles. The van der Waals surface area contributed by atoms with Crippen LogP contribution < -0.4 is 0 Å². The van der Waals surface area contributed by atoms with E-state index in [1.54, 1.807) is 0 Å². The highest BCUT2D eigenvalue weighted by Gasteiger charge is 2.08. The van der Waals surface area contributed by atoms with Crippen molar-refractivity contribution in [3.63, 3.8) is 0 Å². The van der Waals surface area contributed by atoms with Crippen LogP contribution in [0.15, 0.2) is 54.6 Å². The Bertz CT molecular complexity index is 619. The van der Waals surface area contributed by atoms with Crippen molar-refractivity contribution in [3.8, 4) is 11.1 Å². The van der Waals surface area contributed by atoms with Crippen LogP contribution in [-0.2, 0) is 6.42 Å². The summed E-state index contributed by atoms with van der Waals surface area (Å²) in [6.45, 7) is 2.27. The molecule has 1 N–H and O–H groups in total. The zero-order chi connectivity index (χ0) is 19.9. The second kappa shape index (κ2) is 14.4. The van der Waals surface area contributed by atoms with Crippen molar-refractivity contribution in [2.75, 3.05) is 0 Å². The summed E-state index contributed by atoms with van der Waals surface area (Å²) in [7, 11) is 0. The third-order valence-corrected chi connectivity index (χ3v) is 5.74. The maximum absolute atomic E-state index is 10.4. The van der Waals surface area contributed by atoms with Crippen LogP contribution in [0.5, 0.6) is 0 Å². The number of unbranched alkanes of at least 4 members (excludes halogenated alkanes) is 9. The van der Waals surface area contributed by atoms with Crippen molar-refractivity contribution in [1.29, 1.82) is 0 Å². The van der Waals surface area contributed by atoms with Crippen molar-refractivity contribution in [2.24, 2.45) is 0 Å². The summed E-state index contributed by atoms with van der Waals surface area (Å²) in [4.78, 5) is 0. The second-order valence-electron chi connectivity index (χ2n) is 8.19. The summed E-state index contributed by atoms with van der Waals surface area (Å²) in [5.74, 6) is 0. The number of aliphatic hydroxyl groups is 1. The van der Waals surface area contributed by atoms with E-state index >= 15 is 0 Å². The molecule has 1 nitrogen and oxygen atoms in total. The number of rotatable bonds is 15. The van der Waals surface area contributed by atoms with Gasteiger partial charge in [0.2, 0.25) is 0 Å². The molecule has 28 heavy (non-hydrogen) atoms. The zero-order valence-corrected chi connectivity index (χ0v) is 17.9. The van der Waals surface area contributed by atoms with Crippen LogP contribution in [0.3, 0.4) is 0 Å². The van der Waals surface area contributed by atoms with Gasteiger partial charge in [-0.15, -0.1) is 0 Å². The van der Waals surface area contributed by atoms with E-state index in [1.807, 2.05) is 0 Å². The van der Waals surface area contributed by atoms with E-state index in [2.05, 4.69) is 61.5 Å². The summed E-state index contributed by atoms with van der Waals surface area (Å²) in [6.07, 6.45) is 16.1. The normalized spacial score (nSPS) is 12.2. The van der Waals surface area contributed by atoms with E-state index in [0.717, 1.165) is 25.7 Å². The van der Waals surface area contributed by atoms with E-state index in [1.165, 1.54) is 74.5 Å². The predicted molar refractivity (Wildman–Crippen MR) is 123 cm³/mol. The number of hydrogen-bond acceptors (Lipinski definition) is 1. The topological polar surface area (TPSA) is 20.2 Å². The fourth-order valence-electron chi connectivity index (χ4n) is 3.97. The Hall–Kier alpha value is -1.60. The Balaban J connectivity index is 1.59. The molecule has 0 fully saturated rings. The lowest BCUT2D eigenvalue weighted by molar-refractivity contribution is 0.151. The molecular weight excluding hydrogens is 340 g/mol. The summed E-state index contributed by atoms with van der Waals surface area (Å²) in [5.41, 5.74) is 3.91. The van der Waals surface area contributed by atoms with Gasteiger partial charge < -0.3 is 5.11 Å². The van der Waals surface area contributed by atoms with Gasteiger partial charge in [-0.05, 0) is 36.0 Å². The van der Waals surface area contributed by atoms with Gasteiger partial charge >= 0.3 is 0 Å². The Morgan fingerprint density at radius 3 is 1.89 bits per heavy atom. The Morgan fingerprint density at radius 1 is 0.643 bits per heavy atom. The molecule has 154 valence electrons. The van der Waals surface area contributed by atoms with Gasteiger partial charge in [-0.1, -0.05) is 126 Å². The molecule has 0 aliphatic heterocycles. The van der Waals surface area contributed by atoms with Gasteiger partial charge in [0, 0.05) is 0 Å². The van der Waals surface area contributed by atoms with Crippen molar-refractivity contribution in [2.45, 2.75) is 96.5 Å². The van der Waals surface area contributed by atoms with Gasteiger partial charge in [-0.2, -0.15) is 0 Å². The zero-order valence-electron chi connectivity index (χ0n) is 17.9. The van der Waals surface area contributed by atoms with Crippen LogP contribution in [0.25, 0.3) is 11.1 Å². The van der Waals surface area contributed by atoms with Crippen LogP contribution in [0.1, 0.15) is 89.5 Å². The molecule has 0 aliphatic rings. The molecule has 0 saturated heterocycles. The average Bonchev–Trinajstić information content (AvgIpc) is 2.74. The van der Waals surface area contributed by atoms with Crippen molar-refractivity contribution < 1.29 is 5.11 Å². The van der Waals surface area contributed by atoms with E-state index in [4.69, 9.17) is 0 Å². The molecule has 1 atom stereocenters. The Labute approximate surface area is 173 Å². The summed E-state index contributed by atoms with van der Waals surface area (Å²) >= 11 is 0. The third-order valence-electron chi connectivity index (χ3n) is 5.74. The van der Waals surface area contributed by atoms with Gasteiger partial charge in [0.25, 0.3) is 0 Å². The quantitative estimate of drug-likeness (QED) is 0.311. The summed E-state index contributed by atoms with van der Waals surface area (Å²) in [5, 5.41) is 10.4. The fourth-order valence-corrected chi connectivity index (χ4v) is 3.97. The van der Waals surface area contributed by atoms with E-state index in [0.29, 0.717) is 0 Å². The van der Waals surface area contributed by atoms with Gasteiger partial charge in [0.15, 0.2) is 0 Å². The lowest BCUT2D eigenvalue weighted by Crippen LogP contribution is -2.08. The van der Waals surface area contributed by atoms with Crippen molar-refractivity contribution in [3.05, 3.63) is 60.2 Å². The van der Waals surface area contributed by atoms with Crippen LogP contribution >= 0.6 is 0 Å². The Morgan fingerprint density at radius 2 is 1.21 bits per heavy atom. The number of benzene rings is 2. The molecule has 0 bridgehead atoms. The molecule has 0 amide bonds. The van der Waals surface area contributed by atoms with Crippen molar-refractivity contribution >= 4 is 0 Å². The molecular formula is C27H40O. The first-order valence-corrected chi connectivity index (χ1v) is 11.6. The van der Waals surface area contributed by atoms with E-state index in [-0.39, 0.29) is 6.10 Å². The van der Waals surface area contributed by atoms with E-state index < -0.39 is 0 Å². The van der Waals surface area contributed by atoms with Gasteiger partial charge in [0.05, 0.1) is 6.10 Å². The van der Waals surface area contributed by atoms with Gasteiger partial charge in [-0.3, -0.25) is 0 Å². The van der Waals surface area contributed by atoms with Gasteiger partial charge in [0.1, 0.15) is 0 Å². The minimum atomic E-state index is -0.169. The monoisotopic (exact) mass is 380 g/mol. The minimum Gasteiger partial charge on any atom is -0.393 e. The first-order chi connectivity index (χ1) is 13.8. The largest absolute Gasteiger partial charge is 0.393 e. The predicted octanol–water partition coefficient (Wildman–Crippen LogP) is 7.96. The smallest absolute Gasteiger partial charge is 0.0543 e. The fraction of sp³-hybridized carbons (Fsp3) is 0.556.